The van der Waals surface area contributed by atoms with Crippen molar-refractivity contribution in [2.75, 3.05) is 4.90 Å². The molecular weight excluding hydrogens is 687 g/mol. The standard InChI is InChI=1S/C52H33NOS/c1-2-12-36(13-3-1)42-31-32-47(52-50(42)46-16-7-9-20-49(46)55-52)53(40-27-23-35(24-28-40)39-22-21-34-11-4-5-14-38(34)33-39)41-29-25-37(26-30-41)43-17-10-18-45-44-15-6-8-19-48(44)54-51(43)45/h1-33H. The summed E-state index contributed by atoms with van der Waals surface area (Å²) in [4.78, 5) is 2.42. The molecule has 55 heavy (non-hydrogen) atoms. The minimum absolute atomic E-state index is 0.909. The second kappa shape index (κ2) is 12.9. The Kier molecular flexibility index (Phi) is 7.39. The zero-order chi connectivity index (χ0) is 36.3. The van der Waals surface area contributed by atoms with E-state index in [1.165, 1.54) is 53.2 Å². The van der Waals surface area contributed by atoms with Crippen LogP contribution in [-0.4, -0.2) is 0 Å². The Morgan fingerprint density at radius 3 is 1.85 bits per heavy atom. The van der Waals surface area contributed by atoms with E-state index in [-0.39, 0.29) is 0 Å². The van der Waals surface area contributed by atoms with Gasteiger partial charge in [-0.25, -0.2) is 0 Å². The first kappa shape index (κ1) is 31.6. The lowest BCUT2D eigenvalue weighted by Gasteiger charge is -2.27. The molecule has 0 unspecified atom stereocenters. The Morgan fingerprint density at radius 1 is 0.400 bits per heavy atom. The first-order valence-corrected chi connectivity index (χ1v) is 19.5. The zero-order valence-electron chi connectivity index (χ0n) is 29.8. The molecule has 2 aromatic heterocycles. The van der Waals surface area contributed by atoms with Crippen molar-refractivity contribution in [3.05, 3.63) is 200 Å². The van der Waals surface area contributed by atoms with Crippen molar-refractivity contribution in [2.45, 2.75) is 0 Å². The van der Waals surface area contributed by atoms with E-state index in [2.05, 4.69) is 193 Å². The van der Waals surface area contributed by atoms with Gasteiger partial charge in [0.05, 0.1) is 10.4 Å². The van der Waals surface area contributed by atoms with Gasteiger partial charge in [0, 0.05) is 43.2 Å². The molecule has 258 valence electrons. The summed E-state index contributed by atoms with van der Waals surface area (Å²) < 4.78 is 8.98. The summed E-state index contributed by atoms with van der Waals surface area (Å²) in [6, 6.07) is 72.2. The number of rotatable bonds is 6. The third-order valence-electron chi connectivity index (χ3n) is 10.9. The summed E-state index contributed by atoms with van der Waals surface area (Å²) >= 11 is 1.87. The number of anilines is 3. The van der Waals surface area contributed by atoms with E-state index in [0.717, 1.165) is 50.1 Å². The van der Waals surface area contributed by atoms with Crippen LogP contribution >= 0.6 is 11.3 Å². The highest BCUT2D eigenvalue weighted by Crippen LogP contribution is 2.48. The third kappa shape index (κ3) is 5.32. The molecule has 0 amide bonds. The van der Waals surface area contributed by atoms with Crippen LogP contribution in [0.1, 0.15) is 0 Å². The SMILES string of the molecule is c1ccc(-c2ccc(N(c3ccc(-c4ccc5ccccc5c4)cc3)c3ccc(-c4cccc5c4oc4ccccc45)cc3)c3sc4ccccc4c23)cc1. The normalized spacial score (nSPS) is 11.6. The van der Waals surface area contributed by atoms with Crippen LogP contribution in [0.15, 0.2) is 205 Å². The maximum atomic E-state index is 6.44. The Morgan fingerprint density at radius 2 is 1.04 bits per heavy atom. The minimum atomic E-state index is 0.909. The molecule has 0 atom stereocenters. The highest BCUT2D eigenvalue weighted by molar-refractivity contribution is 7.26. The van der Waals surface area contributed by atoms with E-state index in [9.17, 15) is 0 Å². The quantitative estimate of drug-likeness (QED) is 0.170. The van der Waals surface area contributed by atoms with Crippen LogP contribution in [0.2, 0.25) is 0 Å². The first-order valence-electron chi connectivity index (χ1n) is 18.7. The van der Waals surface area contributed by atoms with Crippen LogP contribution in [0.4, 0.5) is 17.1 Å². The van der Waals surface area contributed by atoms with Crippen LogP contribution in [0.25, 0.3) is 86.3 Å². The molecule has 0 N–H and O–H groups in total. The van der Waals surface area contributed by atoms with Crippen molar-refractivity contribution in [2.24, 2.45) is 0 Å². The summed E-state index contributed by atoms with van der Waals surface area (Å²) in [5, 5.41) is 7.34. The van der Waals surface area contributed by atoms with Crippen molar-refractivity contribution in [3.8, 4) is 33.4 Å². The van der Waals surface area contributed by atoms with Gasteiger partial charge in [-0.05, 0) is 87.1 Å². The second-order valence-electron chi connectivity index (χ2n) is 14.1. The molecule has 3 heteroatoms. The van der Waals surface area contributed by atoms with Gasteiger partial charge in [0.2, 0.25) is 0 Å². The highest BCUT2D eigenvalue weighted by Gasteiger charge is 2.21. The fraction of sp³-hybridized carbons (Fsp3) is 0. The van der Waals surface area contributed by atoms with E-state index < -0.39 is 0 Å². The summed E-state index contributed by atoms with van der Waals surface area (Å²) in [5.41, 5.74) is 12.2. The number of furan rings is 1. The van der Waals surface area contributed by atoms with Gasteiger partial charge >= 0.3 is 0 Å². The lowest BCUT2D eigenvalue weighted by molar-refractivity contribution is 0.670. The van der Waals surface area contributed by atoms with Gasteiger partial charge in [0.25, 0.3) is 0 Å². The average Bonchev–Trinajstić information content (AvgIpc) is 3.84. The second-order valence-corrected chi connectivity index (χ2v) is 15.1. The van der Waals surface area contributed by atoms with Crippen molar-refractivity contribution >= 4 is 81.3 Å². The van der Waals surface area contributed by atoms with Gasteiger partial charge in [-0.3, -0.25) is 0 Å². The van der Waals surface area contributed by atoms with Crippen molar-refractivity contribution in [1.29, 1.82) is 0 Å². The summed E-state index contributed by atoms with van der Waals surface area (Å²) in [6.45, 7) is 0. The molecule has 0 fully saturated rings. The van der Waals surface area contributed by atoms with Crippen molar-refractivity contribution < 1.29 is 4.42 Å². The molecular formula is C52H33NOS. The summed E-state index contributed by atoms with van der Waals surface area (Å²) in [5.74, 6) is 0. The molecule has 0 spiro atoms. The van der Waals surface area contributed by atoms with Gasteiger partial charge < -0.3 is 9.32 Å². The minimum Gasteiger partial charge on any atom is -0.455 e. The van der Waals surface area contributed by atoms with E-state index in [1.54, 1.807) is 0 Å². The summed E-state index contributed by atoms with van der Waals surface area (Å²) in [7, 11) is 0. The van der Waals surface area contributed by atoms with Crippen LogP contribution in [0, 0.1) is 0 Å². The maximum absolute atomic E-state index is 6.44. The largest absolute Gasteiger partial charge is 0.455 e. The molecule has 0 aliphatic heterocycles. The van der Waals surface area contributed by atoms with Crippen molar-refractivity contribution in [3.63, 3.8) is 0 Å². The van der Waals surface area contributed by atoms with E-state index in [0.29, 0.717) is 0 Å². The Balaban J connectivity index is 1.08. The highest BCUT2D eigenvalue weighted by atomic mass is 32.1. The lowest BCUT2D eigenvalue weighted by Crippen LogP contribution is -2.10. The average molecular weight is 720 g/mol. The van der Waals surface area contributed by atoms with E-state index in [4.69, 9.17) is 4.42 Å². The number of fused-ring (bicyclic) bond motifs is 7. The molecule has 0 saturated carbocycles. The summed E-state index contributed by atoms with van der Waals surface area (Å²) in [6.07, 6.45) is 0. The number of thiophene rings is 1. The predicted octanol–water partition coefficient (Wildman–Crippen LogP) is 15.6. The molecule has 0 aliphatic rings. The Labute approximate surface area is 322 Å². The van der Waals surface area contributed by atoms with Crippen LogP contribution in [0.5, 0.6) is 0 Å². The van der Waals surface area contributed by atoms with Crippen molar-refractivity contribution in [1.82, 2.24) is 0 Å². The van der Waals surface area contributed by atoms with Crippen LogP contribution in [-0.2, 0) is 0 Å². The lowest BCUT2D eigenvalue weighted by atomic mass is 9.97. The molecule has 0 saturated heterocycles. The van der Waals surface area contributed by atoms with Gasteiger partial charge in [0.15, 0.2) is 0 Å². The fourth-order valence-electron chi connectivity index (χ4n) is 8.21. The smallest absolute Gasteiger partial charge is 0.143 e. The molecule has 0 bridgehead atoms. The molecule has 2 heterocycles. The molecule has 0 radical (unpaired) electrons. The first-order chi connectivity index (χ1) is 27.3. The van der Waals surface area contributed by atoms with Crippen LogP contribution in [0.3, 0.4) is 0 Å². The predicted molar refractivity (Wildman–Crippen MR) is 235 cm³/mol. The molecule has 9 aromatic carbocycles. The van der Waals surface area contributed by atoms with E-state index >= 15 is 0 Å². The van der Waals surface area contributed by atoms with Gasteiger partial charge in [-0.1, -0.05) is 152 Å². The Bertz CT molecular complexity index is 3190. The monoisotopic (exact) mass is 719 g/mol. The van der Waals surface area contributed by atoms with Crippen LogP contribution < -0.4 is 4.90 Å². The Hall–Kier alpha value is -6.94. The number of para-hydroxylation sites is 2. The molecule has 11 aromatic rings. The molecule has 2 nitrogen and oxygen atoms in total. The topological polar surface area (TPSA) is 16.4 Å². The number of benzene rings is 9. The maximum Gasteiger partial charge on any atom is 0.143 e. The zero-order valence-corrected chi connectivity index (χ0v) is 30.6. The van der Waals surface area contributed by atoms with E-state index in [1.807, 2.05) is 23.5 Å². The molecule has 0 aliphatic carbocycles. The fourth-order valence-corrected chi connectivity index (χ4v) is 9.44. The van der Waals surface area contributed by atoms with Gasteiger partial charge in [-0.2, -0.15) is 0 Å². The van der Waals surface area contributed by atoms with Gasteiger partial charge in [0.1, 0.15) is 11.2 Å². The van der Waals surface area contributed by atoms with Gasteiger partial charge in [-0.15, -0.1) is 11.3 Å². The molecule has 11 rings (SSSR count). The number of hydrogen-bond donors (Lipinski definition) is 0. The number of nitrogens with zero attached hydrogens (tertiary/aromatic N) is 1. The third-order valence-corrected chi connectivity index (χ3v) is 12.1. The number of hydrogen-bond acceptors (Lipinski definition) is 3.